The Hall–Kier alpha value is -2.03. The van der Waals surface area contributed by atoms with Crippen LogP contribution in [0.4, 0.5) is 0 Å². The normalized spacial score (nSPS) is 10.7. The van der Waals surface area contributed by atoms with Crippen LogP contribution >= 0.6 is 0 Å². The molecular weight excluding hydrogens is 238 g/mol. The van der Waals surface area contributed by atoms with Crippen molar-refractivity contribution in [3.8, 4) is 5.75 Å². The fraction of sp³-hybridized carbons (Fsp3) is 0.312. The Morgan fingerprint density at radius 2 is 1.89 bits per heavy atom. The fourth-order valence-electron chi connectivity index (χ4n) is 1.78. The lowest BCUT2D eigenvalue weighted by Gasteiger charge is -2.09. The Morgan fingerprint density at radius 1 is 1.16 bits per heavy atom. The van der Waals surface area contributed by atoms with Crippen LogP contribution in [0.3, 0.4) is 0 Å². The number of hydrogen-bond donors (Lipinski definition) is 1. The molecule has 1 N–H and O–H groups in total. The van der Waals surface area contributed by atoms with E-state index in [1.165, 1.54) is 5.39 Å². The first-order valence-corrected chi connectivity index (χ1v) is 6.53. The highest BCUT2D eigenvalue weighted by molar-refractivity contribution is 5.84. The minimum Gasteiger partial charge on any atom is -0.484 e. The molecule has 0 fully saturated rings. The largest absolute Gasteiger partial charge is 0.484 e. The fourth-order valence-corrected chi connectivity index (χ4v) is 1.78. The number of carbonyl (C=O) groups excluding carboxylic acids is 1. The first kappa shape index (κ1) is 13.4. The van der Waals surface area contributed by atoms with Gasteiger partial charge in [-0.1, -0.05) is 44.2 Å². The van der Waals surface area contributed by atoms with Gasteiger partial charge in [0.25, 0.3) is 5.91 Å². The Labute approximate surface area is 113 Å². The summed E-state index contributed by atoms with van der Waals surface area (Å²) < 4.78 is 5.50. The van der Waals surface area contributed by atoms with E-state index in [4.69, 9.17) is 4.74 Å². The average molecular weight is 257 g/mol. The smallest absolute Gasteiger partial charge is 0.257 e. The maximum absolute atomic E-state index is 11.5. The van der Waals surface area contributed by atoms with Gasteiger partial charge in [-0.2, -0.15) is 0 Å². The average Bonchev–Trinajstić information content (AvgIpc) is 2.42. The predicted octanol–water partition coefficient (Wildman–Crippen LogP) is 2.99. The van der Waals surface area contributed by atoms with Crippen molar-refractivity contribution in [2.24, 2.45) is 5.92 Å². The molecule has 0 saturated carbocycles. The van der Waals surface area contributed by atoms with Gasteiger partial charge in [0.15, 0.2) is 6.61 Å². The van der Waals surface area contributed by atoms with Crippen LogP contribution in [-0.4, -0.2) is 19.1 Å². The Balaban J connectivity index is 1.92. The summed E-state index contributed by atoms with van der Waals surface area (Å²) in [6.45, 7) is 4.86. The van der Waals surface area contributed by atoms with Crippen molar-refractivity contribution in [2.75, 3.05) is 13.2 Å². The highest BCUT2D eigenvalue weighted by Crippen LogP contribution is 2.20. The van der Waals surface area contributed by atoms with E-state index in [0.29, 0.717) is 12.5 Å². The summed E-state index contributed by atoms with van der Waals surface area (Å²) >= 11 is 0. The van der Waals surface area contributed by atoms with Gasteiger partial charge in [0.05, 0.1) is 0 Å². The summed E-state index contributed by atoms with van der Waals surface area (Å²) in [5.41, 5.74) is 0. The molecule has 0 saturated heterocycles. The summed E-state index contributed by atoms with van der Waals surface area (Å²) in [6, 6.07) is 13.9. The summed E-state index contributed by atoms with van der Waals surface area (Å²) in [5, 5.41) is 5.10. The van der Waals surface area contributed by atoms with E-state index in [-0.39, 0.29) is 12.5 Å². The van der Waals surface area contributed by atoms with Crippen molar-refractivity contribution in [1.29, 1.82) is 0 Å². The van der Waals surface area contributed by atoms with Crippen LogP contribution in [-0.2, 0) is 4.79 Å². The molecule has 0 heterocycles. The third-order valence-corrected chi connectivity index (χ3v) is 2.80. The van der Waals surface area contributed by atoms with E-state index in [1.54, 1.807) is 0 Å². The second kappa shape index (κ2) is 6.23. The molecule has 100 valence electrons. The van der Waals surface area contributed by atoms with Crippen LogP contribution in [0.25, 0.3) is 10.8 Å². The summed E-state index contributed by atoms with van der Waals surface area (Å²) in [5.74, 6) is 1.09. The van der Waals surface area contributed by atoms with E-state index in [2.05, 4.69) is 25.2 Å². The van der Waals surface area contributed by atoms with Crippen molar-refractivity contribution in [3.05, 3.63) is 42.5 Å². The molecule has 19 heavy (non-hydrogen) atoms. The van der Waals surface area contributed by atoms with Gasteiger partial charge in [-0.15, -0.1) is 0 Å². The minimum absolute atomic E-state index is 0.0606. The van der Waals surface area contributed by atoms with Gasteiger partial charge in [-0.3, -0.25) is 4.79 Å². The molecule has 0 spiro atoms. The Morgan fingerprint density at radius 3 is 2.63 bits per heavy atom. The number of rotatable bonds is 5. The van der Waals surface area contributed by atoms with Crippen LogP contribution in [0.1, 0.15) is 13.8 Å². The van der Waals surface area contributed by atoms with Gasteiger partial charge in [0.1, 0.15) is 5.75 Å². The second-order valence-corrected chi connectivity index (χ2v) is 5.00. The number of carbonyl (C=O) groups is 1. The highest BCUT2D eigenvalue weighted by Gasteiger charge is 2.04. The summed E-state index contributed by atoms with van der Waals surface area (Å²) in [7, 11) is 0. The van der Waals surface area contributed by atoms with Gasteiger partial charge in [0, 0.05) is 6.54 Å². The van der Waals surface area contributed by atoms with E-state index in [0.717, 1.165) is 11.1 Å². The molecule has 2 rings (SSSR count). The van der Waals surface area contributed by atoms with Crippen LogP contribution in [0, 0.1) is 5.92 Å². The molecule has 0 atom stereocenters. The number of ether oxygens (including phenoxy) is 1. The molecule has 3 heteroatoms. The first-order valence-electron chi connectivity index (χ1n) is 6.53. The number of amides is 1. The monoisotopic (exact) mass is 257 g/mol. The van der Waals surface area contributed by atoms with Crippen molar-refractivity contribution >= 4 is 16.7 Å². The molecule has 2 aromatic rings. The molecular formula is C16H19NO2. The van der Waals surface area contributed by atoms with Gasteiger partial charge < -0.3 is 10.1 Å². The van der Waals surface area contributed by atoms with Crippen LogP contribution in [0.2, 0.25) is 0 Å². The zero-order valence-corrected chi connectivity index (χ0v) is 11.3. The minimum atomic E-state index is -0.0816. The van der Waals surface area contributed by atoms with Crippen molar-refractivity contribution in [1.82, 2.24) is 5.32 Å². The molecule has 0 unspecified atom stereocenters. The Kier molecular flexibility index (Phi) is 4.39. The molecule has 0 aliphatic rings. The topological polar surface area (TPSA) is 38.3 Å². The summed E-state index contributed by atoms with van der Waals surface area (Å²) in [4.78, 5) is 11.5. The van der Waals surface area contributed by atoms with Gasteiger partial charge >= 0.3 is 0 Å². The maximum atomic E-state index is 11.5. The molecule has 0 aromatic heterocycles. The predicted molar refractivity (Wildman–Crippen MR) is 77.3 cm³/mol. The zero-order valence-electron chi connectivity index (χ0n) is 11.3. The van der Waals surface area contributed by atoms with Crippen LogP contribution in [0.15, 0.2) is 42.5 Å². The van der Waals surface area contributed by atoms with Crippen molar-refractivity contribution < 1.29 is 9.53 Å². The number of hydrogen-bond acceptors (Lipinski definition) is 2. The molecule has 0 radical (unpaired) electrons. The lowest BCUT2D eigenvalue weighted by Crippen LogP contribution is -2.31. The first-order chi connectivity index (χ1) is 9.15. The molecule has 1 amide bonds. The molecule has 0 aliphatic carbocycles. The standard InChI is InChI=1S/C16H19NO2/c1-12(2)10-17-16(18)11-19-15-8-7-13-5-3-4-6-14(13)9-15/h3-9,12H,10-11H2,1-2H3,(H,17,18). The molecule has 0 bridgehead atoms. The van der Waals surface area contributed by atoms with E-state index < -0.39 is 0 Å². The molecule has 0 aliphatic heterocycles. The highest BCUT2D eigenvalue weighted by atomic mass is 16.5. The van der Waals surface area contributed by atoms with E-state index in [9.17, 15) is 4.79 Å². The van der Waals surface area contributed by atoms with Crippen LogP contribution in [0.5, 0.6) is 5.75 Å². The quantitative estimate of drug-likeness (QED) is 0.894. The zero-order chi connectivity index (χ0) is 13.7. The third kappa shape index (κ3) is 3.98. The lowest BCUT2D eigenvalue weighted by atomic mass is 10.1. The SMILES string of the molecule is CC(C)CNC(=O)COc1ccc2ccccc2c1. The summed E-state index contributed by atoms with van der Waals surface area (Å²) in [6.07, 6.45) is 0. The molecule has 2 aromatic carbocycles. The van der Waals surface area contributed by atoms with Crippen molar-refractivity contribution in [3.63, 3.8) is 0 Å². The number of benzene rings is 2. The lowest BCUT2D eigenvalue weighted by molar-refractivity contribution is -0.123. The maximum Gasteiger partial charge on any atom is 0.257 e. The number of nitrogens with one attached hydrogen (secondary N) is 1. The van der Waals surface area contributed by atoms with Gasteiger partial charge in [0.2, 0.25) is 0 Å². The van der Waals surface area contributed by atoms with E-state index in [1.807, 2.05) is 36.4 Å². The third-order valence-electron chi connectivity index (χ3n) is 2.80. The second-order valence-electron chi connectivity index (χ2n) is 5.00. The van der Waals surface area contributed by atoms with Gasteiger partial charge in [-0.05, 0) is 28.8 Å². The van der Waals surface area contributed by atoms with Crippen molar-refractivity contribution in [2.45, 2.75) is 13.8 Å². The van der Waals surface area contributed by atoms with E-state index >= 15 is 0 Å². The molecule has 3 nitrogen and oxygen atoms in total. The van der Waals surface area contributed by atoms with Gasteiger partial charge in [-0.25, -0.2) is 0 Å². The van der Waals surface area contributed by atoms with Crippen LogP contribution < -0.4 is 10.1 Å². The number of fused-ring (bicyclic) bond motifs is 1. The Bertz CT molecular complexity index is 563.